The van der Waals surface area contributed by atoms with Gasteiger partial charge in [0, 0.05) is 10.7 Å². The monoisotopic (exact) mass is 382 g/mol. The molecule has 0 aliphatic rings. The second-order valence-corrected chi connectivity index (χ2v) is 7.67. The van der Waals surface area contributed by atoms with Crippen LogP contribution in [-0.2, 0) is 14.8 Å². The lowest BCUT2D eigenvalue weighted by Crippen LogP contribution is -2.33. The van der Waals surface area contributed by atoms with Gasteiger partial charge in [0.15, 0.2) is 0 Å². The molecule has 0 atom stereocenters. The Labute approximate surface area is 152 Å². The number of benzene rings is 2. The van der Waals surface area contributed by atoms with E-state index in [1.54, 1.807) is 38.1 Å². The van der Waals surface area contributed by atoms with E-state index in [1.165, 1.54) is 19.2 Å². The summed E-state index contributed by atoms with van der Waals surface area (Å²) in [6.07, 6.45) is 0. The van der Waals surface area contributed by atoms with Gasteiger partial charge in [0.2, 0.25) is 15.9 Å². The summed E-state index contributed by atoms with van der Waals surface area (Å²) in [5, 5.41) is 3.21. The van der Waals surface area contributed by atoms with Crippen molar-refractivity contribution in [2.45, 2.75) is 18.7 Å². The Morgan fingerprint density at radius 2 is 1.84 bits per heavy atom. The number of aryl methyl sites for hydroxylation is 2. The quantitative estimate of drug-likeness (QED) is 0.804. The van der Waals surface area contributed by atoms with Crippen LogP contribution in [0.5, 0.6) is 5.75 Å². The van der Waals surface area contributed by atoms with Gasteiger partial charge < -0.3 is 10.1 Å². The number of anilines is 1. The van der Waals surface area contributed by atoms with Crippen molar-refractivity contribution >= 4 is 33.2 Å². The minimum Gasteiger partial charge on any atom is -0.496 e. The molecule has 2 N–H and O–H groups in total. The van der Waals surface area contributed by atoms with E-state index in [1.807, 2.05) is 0 Å². The number of rotatable bonds is 6. The summed E-state index contributed by atoms with van der Waals surface area (Å²) in [5.41, 5.74) is 2.05. The Morgan fingerprint density at radius 1 is 1.12 bits per heavy atom. The summed E-state index contributed by atoms with van der Waals surface area (Å²) >= 11 is 5.86. The number of ether oxygens (including phenoxy) is 1. The van der Waals surface area contributed by atoms with Crippen molar-refractivity contribution in [2.75, 3.05) is 19.0 Å². The van der Waals surface area contributed by atoms with Crippen LogP contribution in [0.15, 0.2) is 41.3 Å². The molecule has 0 fully saturated rings. The van der Waals surface area contributed by atoms with Crippen LogP contribution in [0.1, 0.15) is 11.1 Å². The predicted octanol–water partition coefficient (Wildman–Crippen LogP) is 2.88. The van der Waals surface area contributed by atoms with Gasteiger partial charge in [-0.3, -0.25) is 4.79 Å². The summed E-state index contributed by atoms with van der Waals surface area (Å²) in [4.78, 5) is 12.1. The first-order valence-corrected chi connectivity index (χ1v) is 9.29. The van der Waals surface area contributed by atoms with Crippen molar-refractivity contribution in [3.05, 3.63) is 52.5 Å². The molecule has 6 nitrogen and oxygen atoms in total. The highest BCUT2D eigenvalue weighted by molar-refractivity contribution is 7.89. The lowest BCUT2D eigenvalue weighted by atomic mass is 10.2. The van der Waals surface area contributed by atoms with Gasteiger partial charge in [-0.05, 0) is 61.4 Å². The van der Waals surface area contributed by atoms with Crippen LogP contribution >= 0.6 is 11.6 Å². The second kappa shape index (κ2) is 7.86. The average Bonchev–Trinajstić information content (AvgIpc) is 2.55. The lowest BCUT2D eigenvalue weighted by molar-refractivity contribution is -0.115. The SMILES string of the molecule is COc1ccc(S(=O)(=O)NCC(=O)Nc2ccc(Cl)cc2C)cc1C. The van der Waals surface area contributed by atoms with Crippen molar-refractivity contribution < 1.29 is 17.9 Å². The lowest BCUT2D eigenvalue weighted by Gasteiger charge is -2.11. The summed E-state index contributed by atoms with van der Waals surface area (Å²) in [7, 11) is -2.29. The zero-order valence-electron chi connectivity index (χ0n) is 14.1. The third kappa shape index (κ3) is 4.94. The van der Waals surface area contributed by atoms with Crippen LogP contribution in [0.4, 0.5) is 5.69 Å². The zero-order chi connectivity index (χ0) is 18.6. The van der Waals surface area contributed by atoms with Crippen molar-refractivity contribution in [3.8, 4) is 5.75 Å². The fraction of sp³-hybridized carbons (Fsp3) is 0.235. The van der Waals surface area contributed by atoms with Gasteiger partial charge in [0.25, 0.3) is 0 Å². The Bertz CT molecular complexity index is 898. The molecular formula is C17H19ClN2O4S. The van der Waals surface area contributed by atoms with Crippen LogP contribution in [0.2, 0.25) is 5.02 Å². The molecular weight excluding hydrogens is 364 g/mol. The fourth-order valence-electron chi connectivity index (χ4n) is 2.22. The van der Waals surface area contributed by atoms with Gasteiger partial charge in [-0.2, -0.15) is 0 Å². The van der Waals surface area contributed by atoms with Crippen LogP contribution in [0, 0.1) is 13.8 Å². The van der Waals surface area contributed by atoms with Crippen molar-refractivity contribution in [1.82, 2.24) is 4.72 Å². The highest BCUT2D eigenvalue weighted by Gasteiger charge is 2.17. The van der Waals surface area contributed by atoms with E-state index in [9.17, 15) is 13.2 Å². The molecule has 2 rings (SSSR count). The number of hydrogen-bond donors (Lipinski definition) is 2. The highest BCUT2D eigenvalue weighted by atomic mass is 35.5. The van der Waals surface area contributed by atoms with Crippen molar-refractivity contribution in [2.24, 2.45) is 0 Å². The molecule has 0 unspecified atom stereocenters. The Morgan fingerprint density at radius 3 is 2.44 bits per heavy atom. The molecule has 2 aromatic carbocycles. The molecule has 134 valence electrons. The molecule has 1 amide bonds. The van der Waals surface area contributed by atoms with Gasteiger partial charge >= 0.3 is 0 Å². The van der Waals surface area contributed by atoms with Crippen LogP contribution in [0.25, 0.3) is 0 Å². The van der Waals surface area contributed by atoms with Crippen molar-refractivity contribution in [1.29, 1.82) is 0 Å². The normalized spacial score (nSPS) is 11.2. The van der Waals surface area contributed by atoms with E-state index in [2.05, 4.69) is 10.0 Å². The number of sulfonamides is 1. The number of hydrogen-bond acceptors (Lipinski definition) is 4. The molecule has 0 aromatic heterocycles. The van der Waals surface area contributed by atoms with E-state index >= 15 is 0 Å². The minimum atomic E-state index is -3.80. The summed E-state index contributed by atoms with van der Waals surface area (Å²) < 4.78 is 32.0. The fourth-order valence-corrected chi connectivity index (χ4v) is 3.52. The largest absolute Gasteiger partial charge is 0.496 e. The van der Waals surface area contributed by atoms with Crippen LogP contribution in [0.3, 0.4) is 0 Å². The maximum absolute atomic E-state index is 12.3. The summed E-state index contributed by atoms with van der Waals surface area (Å²) in [5.74, 6) is 0.120. The predicted molar refractivity (Wildman–Crippen MR) is 97.7 cm³/mol. The Hall–Kier alpha value is -2.09. The van der Waals surface area contributed by atoms with Gasteiger partial charge in [-0.15, -0.1) is 0 Å². The van der Waals surface area contributed by atoms with Crippen LogP contribution < -0.4 is 14.8 Å². The first-order valence-electron chi connectivity index (χ1n) is 7.43. The zero-order valence-corrected chi connectivity index (χ0v) is 15.7. The van der Waals surface area contributed by atoms with E-state index in [0.717, 1.165) is 5.56 Å². The van der Waals surface area contributed by atoms with E-state index < -0.39 is 15.9 Å². The summed E-state index contributed by atoms with van der Waals surface area (Å²) in [6, 6.07) is 9.51. The number of carbonyl (C=O) groups excluding carboxylic acids is 1. The maximum atomic E-state index is 12.3. The number of halogens is 1. The standard InChI is InChI=1S/C17H19ClN2O4S/c1-11-8-13(18)4-6-15(11)20-17(21)10-19-25(22,23)14-5-7-16(24-3)12(2)9-14/h4-9,19H,10H2,1-3H3,(H,20,21). The first-order chi connectivity index (χ1) is 11.7. The maximum Gasteiger partial charge on any atom is 0.241 e. The topological polar surface area (TPSA) is 84.5 Å². The number of carbonyl (C=O) groups is 1. The molecule has 8 heteroatoms. The summed E-state index contributed by atoms with van der Waals surface area (Å²) in [6.45, 7) is 3.16. The second-order valence-electron chi connectivity index (χ2n) is 5.46. The molecule has 0 bridgehead atoms. The molecule has 2 aromatic rings. The highest BCUT2D eigenvalue weighted by Crippen LogP contribution is 2.21. The van der Waals surface area contributed by atoms with Gasteiger partial charge in [-0.1, -0.05) is 11.6 Å². The molecule has 0 radical (unpaired) electrons. The Kier molecular flexibility index (Phi) is 6.05. The van der Waals surface area contributed by atoms with Crippen molar-refractivity contribution in [3.63, 3.8) is 0 Å². The van der Waals surface area contributed by atoms with E-state index in [0.29, 0.717) is 22.0 Å². The smallest absolute Gasteiger partial charge is 0.241 e. The average molecular weight is 383 g/mol. The molecule has 0 spiro atoms. The number of nitrogens with one attached hydrogen (secondary N) is 2. The number of amides is 1. The van der Waals surface area contributed by atoms with E-state index in [4.69, 9.17) is 16.3 Å². The Balaban J connectivity index is 2.03. The minimum absolute atomic E-state index is 0.0706. The molecule has 0 aliphatic heterocycles. The molecule has 25 heavy (non-hydrogen) atoms. The molecule has 0 saturated heterocycles. The molecule has 0 saturated carbocycles. The first kappa shape index (κ1) is 19.2. The van der Waals surface area contributed by atoms with Gasteiger partial charge in [0.1, 0.15) is 5.75 Å². The third-order valence-corrected chi connectivity index (χ3v) is 5.20. The van der Waals surface area contributed by atoms with Gasteiger partial charge in [0.05, 0.1) is 18.6 Å². The number of methoxy groups -OCH3 is 1. The molecule has 0 heterocycles. The molecule has 0 aliphatic carbocycles. The van der Waals surface area contributed by atoms with Gasteiger partial charge in [-0.25, -0.2) is 13.1 Å². The third-order valence-electron chi connectivity index (χ3n) is 3.56. The van der Waals surface area contributed by atoms with E-state index in [-0.39, 0.29) is 11.4 Å². The van der Waals surface area contributed by atoms with Crippen LogP contribution in [-0.4, -0.2) is 28.0 Å².